The van der Waals surface area contributed by atoms with Crippen molar-refractivity contribution in [3.63, 3.8) is 0 Å². The summed E-state index contributed by atoms with van der Waals surface area (Å²) in [5, 5.41) is 14.3. The molecule has 21 heavy (non-hydrogen) atoms. The molecule has 0 saturated heterocycles. The first-order chi connectivity index (χ1) is 10.0. The molecule has 1 aromatic heterocycles. The molecule has 0 bridgehead atoms. The van der Waals surface area contributed by atoms with Gasteiger partial charge in [-0.25, -0.2) is 10.8 Å². The van der Waals surface area contributed by atoms with Crippen LogP contribution in [0.3, 0.4) is 0 Å². The van der Waals surface area contributed by atoms with Crippen molar-refractivity contribution in [2.45, 2.75) is 45.6 Å². The molecule has 2 rings (SSSR count). The van der Waals surface area contributed by atoms with Gasteiger partial charge in [-0.2, -0.15) is 0 Å². The molecule has 0 spiro atoms. The summed E-state index contributed by atoms with van der Waals surface area (Å²) in [5.74, 6) is 7.28. The highest BCUT2D eigenvalue weighted by Crippen LogP contribution is 2.32. The number of hydrogen-bond acceptors (Lipinski definition) is 6. The lowest BCUT2D eigenvalue weighted by Crippen LogP contribution is -2.35. The van der Waals surface area contributed by atoms with E-state index in [4.69, 9.17) is 5.84 Å². The first-order valence-electron chi connectivity index (χ1n) is 7.41. The Balaban J connectivity index is 2.21. The second kappa shape index (κ2) is 6.71. The largest absolute Gasteiger partial charge is 0.367 e. The number of aromatic nitrogens is 1. The lowest BCUT2D eigenvalue weighted by molar-refractivity contribution is -0.384. The fraction of sp³-hybridized carbons (Fsp3) is 0.643. The average molecular weight is 293 g/mol. The molecule has 0 aliphatic heterocycles. The molecule has 0 radical (unpaired) electrons. The van der Waals surface area contributed by atoms with Crippen LogP contribution in [-0.4, -0.2) is 15.9 Å². The van der Waals surface area contributed by atoms with Gasteiger partial charge in [0.1, 0.15) is 11.6 Å². The minimum Gasteiger partial charge on any atom is -0.367 e. The Hall–Kier alpha value is -1.89. The van der Waals surface area contributed by atoms with E-state index in [1.165, 1.54) is 31.4 Å². The van der Waals surface area contributed by atoms with Gasteiger partial charge in [0.15, 0.2) is 0 Å². The molecule has 2 unspecified atom stereocenters. The Kier molecular flexibility index (Phi) is 4.95. The van der Waals surface area contributed by atoms with Gasteiger partial charge in [0.25, 0.3) is 5.69 Å². The molecule has 1 aromatic rings. The van der Waals surface area contributed by atoms with Gasteiger partial charge < -0.3 is 10.7 Å². The molecule has 7 heteroatoms. The highest BCUT2D eigenvalue weighted by Gasteiger charge is 2.28. The van der Waals surface area contributed by atoms with Gasteiger partial charge in [-0.15, -0.1) is 0 Å². The summed E-state index contributed by atoms with van der Waals surface area (Å²) >= 11 is 0. The molecule has 2 atom stereocenters. The maximum Gasteiger partial charge on any atom is 0.276 e. The van der Waals surface area contributed by atoms with Crippen LogP contribution in [-0.2, 0) is 0 Å². The predicted molar refractivity (Wildman–Crippen MR) is 82.9 cm³/mol. The zero-order valence-electron chi connectivity index (χ0n) is 12.5. The van der Waals surface area contributed by atoms with Crippen molar-refractivity contribution in [3.05, 3.63) is 22.2 Å². The standard InChI is InChI=1S/C14H23N5O2/c1-9(2)11-5-3-4-6-12(11)16-13-7-10(19(20)21)8-14(17-13)18-15/h7-9,11-12H,3-6,15H2,1-2H3,(H2,16,17,18). The average Bonchev–Trinajstić information content (AvgIpc) is 2.47. The van der Waals surface area contributed by atoms with Crippen LogP contribution in [0.1, 0.15) is 39.5 Å². The Bertz CT molecular complexity index is 506. The van der Waals surface area contributed by atoms with Gasteiger partial charge in [0.2, 0.25) is 0 Å². The first kappa shape index (κ1) is 15.5. The lowest BCUT2D eigenvalue weighted by atomic mass is 9.78. The van der Waals surface area contributed by atoms with Crippen LogP contribution in [0.5, 0.6) is 0 Å². The number of nitrogen functional groups attached to an aromatic ring is 1. The quantitative estimate of drug-likeness (QED) is 0.438. The molecule has 0 aromatic carbocycles. The number of nitrogens with two attached hydrogens (primary N) is 1. The first-order valence-corrected chi connectivity index (χ1v) is 7.41. The normalized spacial score (nSPS) is 22.1. The van der Waals surface area contributed by atoms with Gasteiger partial charge in [0, 0.05) is 6.04 Å². The predicted octanol–water partition coefficient (Wildman–Crippen LogP) is 2.90. The third kappa shape index (κ3) is 3.81. The maximum absolute atomic E-state index is 11.0. The van der Waals surface area contributed by atoms with Crippen LogP contribution in [0.4, 0.5) is 17.3 Å². The summed E-state index contributed by atoms with van der Waals surface area (Å²) in [4.78, 5) is 14.8. The topological polar surface area (TPSA) is 106 Å². The monoisotopic (exact) mass is 293 g/mol. The number of pyridine rings is 1. The maximum atomic E-state index is 11.0. The molecular weight excluding hydrogens is 270 g/mol. The number of nitrogens with zero attached hydrogens (tertiary/aromatic N) is 2. The highest BCUT2D eigenvalue weighted by molar-refractivity contribution is 5.54. The zero-order chi connectivity index (χ0) is 15.4. The molecule has 0 amide bonds. The smallest absolute Gasteiger partial charge is 0.276 e. The van der Waals surface area contributed by atoms with Crippen molar-refractivity contribution in [3.8, 4) is 0 Å². The molecule has 1 saturated carbocycles. The number of hydrazine groups is 1. The third-order valence-electron chi connectivity index (χ3n) is 4.18. The van der Waals surface area contributed by atoms with E-state index in [2.05, 4.69) is 29.6 Å². The summed E-state index contributed by atoms with van der Waals surface area (Å²) < 4.78 is 0. The van der Waals surface area contributed by atoms with Crippen molar-refractivity contribution < 1.29 is 4.92 Å². The van der Waals surface area contributed by atoms with E-state index in [1.54, 1.807) is 0 Å². The van der Waals surface area contributed by atoms with Crippen LogP contribution >= 0.6 is 0 Å². The minimum atomic E-state index is -0.436. The lowest BCUT2D eigenvalue weighted by Gasteiger charge is -2.35. The zero-order valence-corrected chi connectivity index (χ0v) is 12.5. The number of rotatable bonds is 5. The molecule has 1 heterocycles. The molecule has 1 aliphatic rings. The number of hydrogen-bond donors (Lipinski definition) is 3. The second-order valence-corrected chi connectivity index (χ2v) is 5.94. The van der Waals surface area contributed by atoms with Crippen LogP contribution in [0.2, 0.25) is 0 Å². The van der Waals surface area contributed by atoms with Crippen molar-refractivity contribution >= 4 is 17.3 Å². The van der Waals surface area contributed by atoms with Gasteiger partial charge in [-0.1, -0.05) is 26.7 Å². The van der Waals surface area contributed by atoms with E-state index in [-0.39, 0.29) is 5.69 Å². The van der Waals surface area contributed by atoms with Gasteiger partial charge in [-0.3, -0.25) is 10.1 Å². The Morgan fingerprint density at radius 2 is 2.00 bits per heavy atom. The SMILES string of the molecule is CC(C)C1CCCCC1Nc1cc([N+](=O)[O-])cc(NN)n1. The fourth-order valence-corrected chi connectivity index (χ4v) is 3.10. The molecule has 4 N–H and O–H groups in total. The summed E-state index contributed by atoms with van der Waals surface area (Å²) in [5.41, 5.74) is 2.36. The van der Waals surface area contributed by atoms with Crippen molar-refractivity contribution in [1.82, 2.24) is 4.98 Å². The molecule has 1 fully saturated rings. The van der Waals surface area contributed by atoms with E-state index in [0.29, 0.717) is 29.5 Å². The van der Waals surface area contributed by atoms with Crippen molar-refractivity contribution in [2.24, 2.45) is 17.7 Å². The Morgan fingerprint density at radius 3 is 2.62 bits per heavy atom. The second-order valence-electron chi connectivity index (χ2n) is 5.94. The fourth-order valence-electron chi connectivity index (χ4n) is 3.10. The van der Waals surface area contributed by atoms with Gasteiger partial charge in [0.05, 0.1) is 17.1 Å². The van der Waals surface area contributed by atoms with Crippen LogP contribution < -0.4 is 16.6 Å². The number of anilines is 2. The molecular formula is C14H23N5O2. The van der Waals surface area contributed by atoms with E-state index < -0.39 is 4.92 Å². The molecule has 116 valence electrons. The van der Waals surface area contributed by atoms with E-state index in [9.17, 15) is 10.1 Å². The van der Waals surface area contributed by atoms with E-state index >= 15 is 0 Å². The third-order valence-corrected chi connectivity index (χ3v) is 4.18. The van der Waals surface area contributed by atoms with E-state index in [1.807, 2.05) is 0 Å². The van der Waals surface area contributed by atoms with Crippen LogP contribution in [0.15, 0.2) is 12.1 Å². The molecule has 7 nitrogen and oxygen atoms in total. The van der Waals surface area contributed by atoms with Crippen LogP contribution in [0, 0.1) is 22.0 Å². The van der Waals surface area contributed by atoms with Crippen LogP contribution in [0.25, 0.3) is 0 Å². The summed E-state index contributed by atoms with van der Waals surface area (Å²) in [6.45, 7) is 4.44. The number of nitrogens with one attached hydrogen (secondary N) is 2. The Labute approximate surface area is 124 Å². The van der Waals surface area contributed by atoms with Crippen molar-refractivity contribution in [2.75, 3.05) is 10.7 Å². The highest BCUT2D eigenvalue weighted by atomic mass is 16.6. The summed E-state index contributed by atoms with van der Waals surface area (Å²) in [7, 11) is 0. The van der Waals surface area contributed by atoms with Gasteiger partial charge in [-0.05, 0) is 24.7 Å². The number of nitro groups is 1. The van der Waals surface area contributed by atoms with Gasteiger partial charge >= 0.3 is 0 Å². The van der Waals surface area contributed by atoms with Crippen molar-refractivity contribution in [1.29, 1.82) is 0 Å². The van der Waals surface area contributed by atoms with E-state index in [0.717, 1.165) is 6.42 Å². The summed E-state index contributed by atoms with van der Waals surface area (Å²) in [6.07, 6.45) is 4.68. The molecule has 1 aliphatic carbocycles. The Morgan fingerprint density at radius 1 is 1.33 bits per heavy atom. The minimum absolute atomic E-state index is 0.0163. The summed E-state index contributed by atoms with van der Waals surface area (Å²) in [6, 6.07) is 3.10.